The van der Waals surface area contributed by atoms with Crippen molar-refractivity contribution in [3.8, 4) is 0 Å². The smallest absolute Gasteiger partial charge is 0.240 e. The first-order valence-electron chi connectivity index (χ1n) is 7.05. The third-order valence-electron chi connectivity index (χ3n) is 3.73. The van der Waals surface area contributed by atoms with Gasteiger partial charge >= 0.3 is 0 Å². The van der Waals surface area contributed by atoms with E-state index in [9.17, 15) is 13.2 Å². The number of nitrogens with zero attached hydrogens (tertiary/aromatic N) is 3. The van der Waals surface area contributed by atoms with Crippen LogP contribution in [0.2, 0.25) is 0 Å². The number of sulfonamides is 1. The standard InChI is InChI=1S/C15H16N4O3S/c1-10-3-4-12(18-17-10)9-16-23(21,22)13-5-6-14-11(7-13)8-15(20)19(14)2/h3-7,16H,8-9H2,1-2H3. The number of anilines is 1. The number of hydrogen-bond acceptors (Lipinski definition) is 5. The van der Waals surface area contributed by atoms with Gasteiger partial charge in [0.25, 0.3) is 0 Å². The highest BCUT2D eigenvalue weighted by Gasteiger charge is 2.26. The monoisotopic (exact) mass is 332 g/mol. The van der Waals surface area contributed by atoms with Gasteiger partial charge in [0.2, 0.25) is 15.9 Å². The summed E-state index contributed by atoms with van der Waals surface area (Å²) < 4.78 is 27.3. The van der Waals surface area contributed by atoms with E-state index in [1.807, 2.05) is 6.92 Å². The van der Waals surface area contributed by atoms with E-state index in [0.717, 1.165) is 16.9 Å². The Balaban J connectivity index is 1.79. The Hall–Kier alpha value is -2.32. The number of aryl methyl sites for hydroxylation is 1. The van der Waals surface area contributed by atoms with Crippen molar-refractivity contribution in [1.82, 2.24) is 14.9 Å². The van der Waals surface area contributed by atoms with Crippen molar-refractivity contribution in [2.75, 3.05) is 11.9 Å². The average molecular weight is 332 g/mol. The number of carbonyl (C=O) groups excluding carboxylic acids is 1. The van der Waals surface area contributed by atoms with Crippen LogP contribution >= 0.6 is 0 Å². The Morgan fingerprint density at radius 2 is 2.00 bits per heavy atom. The van der Waals surface area contributed by atoms with Crippen molar-refractivity contribution in [1.29, 1.82) is 0 Å². The first kappa shape index (κ1) is 15.6. The first-order chi connectivity index (χ1) is 10.9. The second-order valence-corrected chi connectivity index (χ2v) is 7.18. The van der Waals surface area contributed by atoms with E-state index >= 15 is 0 Å². The molecule has 3 rings (SSSR count). The van der Waals surface area contributed by atoms with Crippen molar-refractivity contribution in [3.05, 3.63) is 47.3 Å². The Morgan fingerprint density at radius 1 is 1.22 bits per heavy atom. The highest BCUT2D eigenvalue weighted by atomic mass is 32.2. The van der Waals surface area contributed by atoms with Crippen LogP contribution in [0.15, 0.2) is 35.2 Å². The van der Waals surface area contributed by atoms with Crippen LogP contribution in [0, 0.1) is 6.92 Å². The Labute approximate surface area is 134 Å². The highest BCUT2D eigenvalue weighted by Crippen LogP contribution is 2.29. The molecule has 0 aliphatic carbocycles. The van der Waals surface area contributed by atoms with Gasteiger partial charge in [-0.3, -0.25) is 4.79 Å². The van der Waals surface area contributed by atoms with Gasteiger partial charge in [0, 0.05) is 12.7 Å². The van der Waals surface area contributed by atoms with E-state index < -0.39 is 10.0 Å². The molecule has 0 bridgehead atoms. The van der Waals surface area contributed by atoms with Crippen molar-refractivity contribution in [2.24, 2.45) is 0 Å². The van der Waals surface area contributed by atoms with Gasteiger partial charge in [-0.1, -0.05) is 0 Å². The molecule has 0 spiro atoms. The van der Waals surface area contributed by atoms with Gasteiger partial charge in [-0.25, -0.2) is 13.1 Å². The molecule has 23 heavy (non-hydrogen) atoms. The minimum absolute atomic E-state index is 0.0440. The SMILES string of the molecule is Cc1ccc(CNS(=O)(=O)c2ccc3c(c2)CC(=O)N3C)nn1. The number of benzene rings is 1. The van der Waals surface area contributed by atoms with E-state index in [-0.39, 0.29) is 23.8 Å². The van der Waals surface area contributed by atoms with Gasteiger partial charge < -0.3 is 4.90 Å². The Morgan fingerprint density at radius 3 is 2.70 bits per heavy atom. The summed E-state index contributed by atoms with van der Waals surface area (Å²) in [4.78, 5) is 13.3. The number of nitrogens with one attached hydrogen (secondary N) is 1. The molecule has 1 aromatic carbocycles. The summed E-state index contributed by atoms with van der Waals surface area (Å²) >= 11 is 0. The molecule has 8 heteroatoms. The van der Waals surface area contributed by atoms with E-state index in [1.165, 1.54) is 11.0 Å². The molecule has 7 nitrogen and oxygen atoms in total. The summed E-state index contributed by atoms with van der Waals surface area (Å²) in [6, 6.07) is 8.19. The number of carbonyl (C=O) groups is 1. The fraction of sp³-hybridized carbons (Fsp3) is 0.267. The summed E-state index contributed by atoms with van der Waals surface area (Å²) in [6.07, 6.45) is 0.221. The number of fused-ring (bicyclic) bond motifs is 1. The Kier molecular flexibility index (Phi) is 3.87. The summed E-state index contributed by atoms with van der Waals surface area (Å²) in [5.41, 5.74) is 2.77. The molecule has 1 N–H and O–H groups in total. The van der Waals surface area contributed by atoms with Crippen LogP contribution in [0.3, 0.4) is 0 Å². The molecule has 120 valence electrons. The lowest BCUT2D eigenvalue weighted by atomic mass is 10.2. The molecule has 0 radical (unpaired) electrons. The number of aromatic nitrogens is 2. The lowest BCUT2D eigenvalue weighted by molar-refractivity contribution is -0.117. The topological polar surface area (TPSA) is 92.3 Å². The van der Waals surface area contributed by atoms with Gasteiger partial charge in [0.1, 0.15) is 0 Å². The zero-order valence-electron chi connectivity index (χ0n) is 12.8. The predicted molar refractivity (Wildman–Crippen MR) is 84.4 cm³/mol. The maximum Gasteiger partial charge on any atom is 0.240 e. The normalized spacial score (nSPS) is 14.2. The molecule has 0 atom stereocenters. The average Bonchev–Trinajstić information content (AvgIpc) is 2.81. The maximum absolute atomic E-state index is 12.4. The minimum atomic E-state index is -3.67. The van der Waals surface area contributed by atoms with Gasteiger partial charge in [-0.05, 0) is 42.8 Å². The second-order valence-electron chi connectivity index (χ2n) is 5.41. The third-order valence-corrected chi connectivity index (χ3v) is 5.13. The van der Waals surface area contributed by atoms with Gasteiger partial charge in [-0.15, -0.1) is 0 Å². The maximum atomic E-state index is 12.4. The van der Waals surface area contributed by atoms with E-state index in [0.29, 0.717) is 5.69 Å². The van der Waals surface area contributed by atoms with Crippen LogP contribution in [0.25, 0.3) is 0 Å². The molecule has 2 heterocycles. The fourth-order valence-electron chi connectivity index (χ4n) is 2.39. The summed E-state index contributed by atoms with van der Waals surface area (Å²) in [5.74, 6) is -0.0440. The molecular weight excluding hydrogens is 316 g/mol. The molecule has 2 aromatic rings. The molecule has 1 aliphatic rings. The minimum Gasteiger partial charge on any atom is -0.315 e. The zero-order chi connectivity index (χ0) is 16.6. The molecule has 1 aromatic heterocycles. The van der Waals surface area contributed by atoms with Crippen molar-refractivity contribution in [3.63, 3.8) is 0 Å². The van der Waals surface area contributed by atoms with Crippen LogP contribution in [-0.2, 0) is 27.8 Å². The summed E-state index contributed by atoms with van der Waals surface area (Å²) in [6.45, 7) is 1.87. The molecule has 0 saturated heterocycles. The van der Waals surface area contributed by atoms with Gasteiger partial charge in [0.15, 0.2) is 0 Å². The lowest BCUT2D eigenvalue weighted by Gasteiger charge is -2.11. The zero-order valence-corrected chi connectivity index (χ0v) is 13.6. The Bertz CT molecular complexity index is 863. The van der Waals surface area contributed by atoms with Gasteiger partial charge in [-0.2, -0.15) is 10.2 Å². The second kappa shape index (κ2) is 5.71. The van der Waals surface area contributed by atoms with Crippen LogP contribution in [0.5, 0.6) is 0 Å². The third kappa shape index (κ3) is 3.08. The number of hydrogen-bond donors (Lipinski definition) is 1. The van der Waals surface area contributed by atoms with Crippen LogP contribution in [0.4, 0.5) is 5.69 Å². The predicted octanol–water partition coefficient (Wildman–Crippen LogP) is 0.782. The van der Waals surface area contributed by atoms with Crippen LogP contribution < -0.4 is 9.62 Å². The van der Waals surface area contributed by atoms with Crippen LogP contribution in [-0.4, -0.2) is 31.6 Å². The van der Waals surface area contributed by atoms with E-state index in [1.54, 1.807) is 31.3 Å². The molecular formula is C15H16N4O3S. The van der Waals surface area contributed by atoms with Crippen molar-refractivity contribution >= 4 is 21.6 Å². The first-order valence-corrected chi connectivity index (χ1v) is 8.53. The van der Waals surface area contributed by atoms with Crippen molar-refractivity contribution in [2.45, 2.75) is 24.8 Å². The van der Waals surface area contributed by atoms with Crippen LogP contribution in [0.1, 0.15) is 17.0 Å². The molecule has 1 aliphatic heterocycles. The van der Waals surface area contributed by atoms with E-state index in [2.05, 4.69) is 14.9 Å². The molecule has 0 unspecified atom stereocenters. The number of likely N-dealkylation sites (N-methyl/N-ethyl adjacent to an activating group) is 1. The summed E-state index contributed by atoms with van der Waals surface area (Å²) in [7, 11) is -2.00. The lowest BCUT2D eigenvalue weighted by Crippen LogP contribution is -2.24. The highest BCUT2D eigenvalue weighted by molar-refractivity contribution is 7.89. The molecule has 0 saturated carbocycles. The number of amides is 1. The molecule has 0 fully saturated rings. The van der Waals surface area contributed by atoms with Gasteiger partial charge in [0.05, 0.1) is 29.2 Å². The molecule has 1 amide bonds. The quantitative estimate of drug-likeness (QED) is 0.893. The number of rotatable bonds is 4. The van der Waals surface area contributed by atoms with E-state index in [4.69, 9.17) is 0 Å². The summed E-state index contributed by atoms with van der Waals surface area (Å²) in [5, 5.41) is 7.81. The van der Waals surface area contributed by atoms with Crippen molar-refractivity contribution < 1.29 is 13.2 Å². The largest absolute Gasteiger partial charge is 0.315 e. The fourth-order valence-corrected chi connectivity index (χ4v) is 3.44.